The van der Waals surface area contributed by atoms with Crippen molar-refractivity contribution in [3.8, 4) is 10.8 Å². The van der Waals surface area contributed by atoms with Gasteiger partial charge in [0.2, 0.25) is 5.82 Å². The minimum Gasteiger partial charge on any atom is -0.459 e. The van der Waals surface area contributed by atoms with Gasteiger partial charge in [0.1, 0.15) is 10.6 Å². The second kappa shape index (κ2) is 9.61. The van der Waals surface area contributed by atoms with E-state index >= 15 is 0 Å². The summed E-state index contributed by atoms with van der Waals surface area (Å²) in [6.07, 6.45) is 2.82. The fourth-order valence-corrected chi connectivity index (χ4v) is 4.15. The molecule has 0 aliphatic heterocycles. The van der Waals surface area contributed by atoms with Crippen molar-refractivity contribution in [1.29, 1.82) is 0 Å². The highest BCUT2D eigenvalue weighted by molar-refractivity contribution is 7.14. The molecular formula is C19H34N6O3SSi. The van der Waals surface area contributed by atoms with Gasteiger partial charge < -0.3 is 9.16 Å². The molecule has 0 atom stereocenters. The number of carbonyl (C=O) groups is 1. The van der Waals surface area contributed by atoms with Crippen LogP contribution in [0.5, 0.6) is 0 Å². The molecule has 0 unspecified atom stereocenters. The average molecular weight is 455 g/mol. The lowest BCUT2D eigenvalue weighted by Gasteiger charge is -2.36. The highest BCUT2D eigenvalue weighted by atomic mass is 32.1. The molecule has 0 spiro atoms. The van der Waals surface area contributed by atoms with Gasteiger partial charge in [-0.25, -0.2) is 4.79 Å². The smallest absolute Gasteiger partial charge is 0.330 e. The molecule has 2 heterocycles. The van der Waals surface area contributed by atoms with E-state index < -0.39 is 19.9 Å². The number of hydrogen-bond donors (Lipinski definition) is 0. The molecule has 30 heavy (non-hydrogen) atoms. The zero-order valence-corrected chi connectivity index (χ0v) is 21.2. The fraction of sp³-hybridized carbons (Fsp3) is 0.789. The Kier molecular flexibility index (Phi) is 7.86. The first-order valence-corrected chi connectivity index (χ1v) is 14.0. The second-order valence-corrected chi connectivity index (χ2v) is 15.7. The largest absolute Gasteiger partial charge is 0.459 e. The van der Waals surface area contributed by atoms with Gasteiger partial charge in [-0.3, -0.25) is 0 Å². The van der Waals surface area contributed by atoms with Gasteiger partial charge >= 0.3 is 5.97 Å². The molecule has 168 valence electrons. The molecule has 0 saturated carbocycles. The molecule has 2 rings (SSSR count). The van der Waals surface area contributed by atoms with Crippen LogP contribution in [0.3, 0.4) is 0 Å². The number of tetrazole rings is 1. The Morgan fingerprint density at radius 3 is 2.40 bits per heavy atom. The van der Waals surface area contributed by atoms with E-state index in [1.54, 1.807) is 0 Å². The maximum Gasteiger partial charge on any atom is 0.330 e. The summed E-state index contributed by atoms with van der Waals surface area (Å²) in [4.78, 5) is 13.1. The number of unbranched alkanes of at least 4 members (excludes halogenated alkanes) is 1. The lowest BCUT2D eigenvalue weighted by atomic mass is 10.2. The van der Waals surface area contributed by atoms with Crippen molar-refractivity contribution in [3.05, 3.63) is 5.01 Å². The van der Waals surface area contributed by atoms with Crippen LogP contribution >= 0.6 is 11.3 Å². The SMILES string of the molecule is CC(C)(C)OC(=O)Cn1nnc(-c2nnc(CCCCO[Si](C)(C)C(C)(C)C)s2)n1. The molecule has 0 aliphatic rings. The van der Waals surface area contributed by atoms with Gasteiger partial charge in [-0.15, -0.1) is 20.4 Å². The number of esters is 1. The van der Waals surface area contributed by atoms with E-state index in [-0.39, 0.29) is 11.6 Å². The summed E-state index contributed by atoms with van der Waals surface area (Å²) in [7, 11) is -1.68. The molecule has 0 fully saturated rings. The van der Waals surface area contributed by atoms with Crippen molar-refractivity contribution in [2.75, 3.05) is 6.61 Å². The van der Waals surface area contributed by atoms with Crippen LogP contribution in [-0.2, 0) is 26.9 Å². The third-order valence-corrected chi connectivity index (χ3v) is 10.4. The second-order valence-electron chi connectivity index (χ2n) is 9.80. The fourth-order valence-electron chi connectivity index (χ4n) is 2.25. The Balaban J connectivity index is 1.80. The summed E-state index contributed by atoms with van der Waals surface area (Å²) in [6.45, 7) is 17.4. The lowest BCUT2D eigenvalue weighted by molar-refractivity contribution is -0.156. The van der Waals surface area contributed by atoms with Crippen LogP contribution in [-0.4, -0.2) is 56.9 Å². The molecule has 0 radical (unpaired) electrons. The Bertz CT molecular complexity index is 838. The summed E-state index contributed by atoms with van der Waals surface area (Å²) in [5.41, 5.74) is -0.551. The van der Waals surface area contributed by atoms with Gasteiger partial charge in [0.05, 0.1) is 0 Å². The van der Waals surface area contributed by atoms with Crippen molar-refractivity contribution in [3.63, 3.8) is 0 Å². The zero-order valence-electron chi connectivity index (χ0n) is 19.4. The first kappa shape index (κ1) is 24.5. The zero-order chi connectivity index (χ0) is 22.6. The summed E-state index contributed by atoms with van der Waals surface area (Å²) in [5.74, 6) is -0.0483. The standard InChI is InChI=1S/C19H34N6O3SSi/c1-18(2,3)28-15(26)13-25-23-16(21-24-25)17-22-20-14(29-17)11-9-10-12-27-30(7,8)19(4,5)6/h9-13H2,1-8H3. The Hall–Kier alpha value is -1.72. The van der Waals surface area contributed by atoms with Crippen molar-refractivity contribution in [2.45, 2.75) is 91.1 Å². The number of rotatable bonds is 9. The van der Waals surface area contributed by atoms with E-state index in [0.29, 0.717) is 10.8 Å². The maximum atomic E-state index is 11.9. The van der Waals surface area contributed by atoms with Crippen LogP contribution in [0.25, 0.3) is 10.8 Å². The number of nitrogens with zero attached hydrogens (tertiary/aromatic N) is 6. The molecule has 0 amide bonds. The minimum absolute atomic E-state index is 0.0931. The summed E-state index contributed by atoms with van der Waals surface area (Å²) in [6, 6.07) is 0. The quantitative estimate of drug-likeness (QED) is 0.319. The Morgan fingerprint density at radius 1 is 1.07 bits per heavy atom. The third-order valence-electron chi connectivity index (χ3n) is 4.86. The predicted octanol–water partition coefficient (Wildman–Crippen LogP) is 3.88. The van der Waals surface area contributed by atoms with Crippen molar-refractivity contribution < 1.29 is 14.0 Å². The Morgan fingerprint density at radius 2 is 1.77 bits per heavy atom. The first-order valence-electron chi connectivity index (χ1n) is 10.2. The van der Waals surface area contributed by atoms with Crippen LogP contribution in [0.15, 0.2) is 0 Å². The first-order chi connectivity index (χ1) is 13.8. The van der Waals surface area contributed by atoms with Crippen molar-refractivity contribution >= 4 is 25.6 Å². The topological polar surface area (TPSA) is 105 Å². The highest BCUT2D eigenvalue weighted by Crippen LogP contribution is 2.36. The van der Waals surface area contributed by atoms with E-state index in [0.717, 1.165) is 30.9 Å². The highest BCUT2D eigenvalue weighted by Gasteiger charge is 2.36. The molecule has 0 N–H and O–H groups in total. The molecule has 11 heteroatoms. The van der Waals surface area contributed by atoms with Gasteiger partial charge in [0.15, 0.2) is 19.9 Å². The van der Waals surface area contributed by atoms with Crippen LogP contribution < -0.4 is 0 Å². The monoisotopic (exact) mass is 454 g/mol. The van der Waals surface area contributed by atoms with E-state index in [4.69, 9.17) is 9.16 Å². The molecule has 2 aromatic heterocycles. The number of aromatic nitrogens is 6. The predicted molar refractivity (Wildman–Crippen MR) is 119 cm³/mol. The average Bonchev–Trinajstić information content (AvgIpc) is 3.20. The van der Waals surface area contributed by atoms with E-state index in [1.165, 1.54) is 16.1 Å². The maximum absolute atomic E-state index is 11.9. The molecule has 9 nitrogen and oxygen atoms in total. The van der Waals surface area contributed by atoms with Crippen LogP contribution in [0.4, 0.5) is 0 Å². The van der Waals surface area contributed by atoms with E-state index in [2.05, 4.69) is 59.5 Å². The van der Waals surface area contributed by atoms with Crippen LogP contribution in [0.2, 0.25) is 18.1 Å². The number of carbonyl (C=O) groups excluding carboxylic acids is 1. The molecule has 0 saturated heterocycles. The minimum atomic E-state index is -1.68. The molecule has 2 aromatic rings. The van der Waals surface area contributed by atoms with Crippen molar-refractivity contribution in [1.82, 2.24) is 30.4 Å². The van der Waals surface area contributed by atoms with Gasteiger partial charge in [0.25, 0.3) is 0 Å². The number of aryl methyl sites for hydroxylation is 1. The van der Waals surface area contributed by atoms with Gasteiger partial charge in [-0.05, 0) is 57.0 Å². The molecule has 0 bridgehead atoms. The molecular weight excluding hydrogens is 420 g/mol. The van der Waals surface area contributed by atoms with Crippen LogP contribution in [0.1, 0.15) is 59.4 Å². The van der Waals surface area contributed by atoms with Gasteiger partial charge in [-0.1, -0.05) is 32.1 Å². The van der Waals surface area contributed by atoms with Gasteiger partial charge in [-0.2, -0.15) is 4.80 Å². The Labute approximate surface area is 183 Å². The molecule has 0 aromatic carbocycles. The summed E-state index contributed by atoms with van der Waals surface area (Å²) in [5, 5.41) is 22.2. The van der Waals surface area contributed by atoms with E-state index in [1.807, 2.05) is 20.8 Å². The summed E-state index contributed by atoms with van der Waals surface area (Å²) < 4.78 is 11.5. The van der Waals surface area contributed by atoms with E-state index in [9.17, 15) is 4.79 Å². The summed E-state index contributed by atoms with van der Waals surface area (Å²) >= 11 is 1.45. The number of hydrogen-bond acceptors (Lipinski definition) is 9. The normalized spacial score (nSPS) is 12.9. The van der Waals surface area contributed by atoms with Crippen molar-refractivity contribution in [2.24, 2.45) is 0 Å². The number of ether oxygens (including phenoxy) is 1. The van der Waals surface area contributed by atoms with Gasteiger partial charge in [0, 0.05) is 13.0 Å². The van der Waals surface area contributed by atoms with Crippen LogP contribution in [0, 0.1) is 0 Å². The lowest BCUT2D eigenvalue weighted by Crippen LogP contribution is -2.40. The third kappa shape index (κ3) is 7.51. The molecule has 0 aliphatic carbocycles.